The maximum absolute atomic E-state index is 11.8. The minimum atomic E-state index is -0.665. The minimum absolute atomic E-state index is 0.0775. The van der Waals surface area contributed by atoms with Crippen molar-refractivity contribution in [1.29, 1.82) is 0 Å². The van der Waals surface area contributed by atoms with E-state index < -0.39 is 10.9 Å². The van der Waals surface area contributed by atoms with Crippen LogP contribution in [0.25, 0.3) is 0 Å². The predicted octanol–water partition coefficient (Wildman–Crippen LogP) is 3.79. The highest BCUT2D eigenvalue weighted by molar-refractivity contribution is 5.80. The second-order valence-corrected chi connectivity index (χ2v) is 5.37. The van der Waals surface area contributed by atoms with Crippen LogP contribution in [0.3, 0.4) is 0 Å². The molecule has 0 unspecified atom stereocenters. The molecule has 0 atom stereocenters. The van der Waals surface area contributed by atoms with Gasteiger partial charge >= 0.3 is 0 Å². The van der Waals surface area contributed by atoms with Crippen molar-refractivity contribution >= 4 is 17.1 Å². The Morgan fingerprint density at radius 1 is 0.964 bits per heavy atom. The number of hydrogen-bond acceptors (Lipinski definition) is 7. The molecule has 0 aliphatic heterocycles. The van der Waals surface area contributed by atoms with Gasteiger partial charge in [-0.15, -0.1) is 0 Å². The molecule has 0 fully saturated rings. The molecule has 3 rings (SSSR count). The van der Waals surface area contributed by atoms with Gasteiger partial charge in [-0.25, -0.2) is 0 Å². The number of anilines is 3. The van der Waals surface area contributed by atoms with Crippen molar-refractivity contribution in [3.05, 3.63) is 67.9 Å². The molecule has 0 bridgehead atoms. The number of hydrogen-bond donors (Lipinski definition) is 4. The zero-order valence-corrected chi connectivity index (χ0v) is 16.9. The molecule has 0 radical (unpaired) electrons. The molecule has 152 valence electrons. The lowest BCUT2D eigenvalue weighted by molar-refractivity contribution is 0.276. The Morgan fingerprint density at radius 3 is 2.18 bits per heavy atom. The first kappa shape index (κ1) is 23.0. The highest BCUT2D eigenvalue weighted by atomic mass is 16.3. The van der Waals surface area contributed by atoms with Crippen LogP contribution in [0.1, 0.15) is 44.8 Å². The van der Waals surface area contributed by atoms with E-state index >= 15 is 0 Å². The van der Waals surface area contributed by atoms with Crippen molar-refractivity contribution in [2.75, 3.05) is 10.6 Å². The molecule has 1 heterocycles. The number of aliphatic hydroxyl groups is 1. The van der Waals surface area contributed by atoms with Gasteiger partial charge < -0.3 is 25.3 Å². The molecule has 0 saturated carbocycles. The molecule has 1 aromatic heterocycles. The van der Waals surface area contributed by atoms with Gasteiger partial charge in [0.1, 0.15) is 28.6 Å². The molecule has 4 N–H and O–H groups in total. The third-order valence-corrected chi connectivity index (χ3v) is 3.70. The van der Waals surface area contributed by atoms with Gasteiger partial charge in [0.2, 0.25) is 0 Å². The lowest BCUT2D eigenvalue weighted by Crippen LogP contribution is -2.36. The summed E-state index contributed by atoms with van der Waals surface area (Å²) in [6, 6.07) is 8.30. The number of furan rings is 1. The van der Waals surface area contributed by atoms with Crippen molar-refractivity contribution < 1.29 is 14.6 Å². The summed E-state index contributed by atoms with van der Waals surface area (Å²) in [7, 11) is 0. The van der Waals surface area contributed by atoms with Crippen LogP contribution in [0, 0.1) is 6.92 Å². The van der Waals surface area contributed by atoms with E-state index in [0.717, 1.165) is 5.76 Å². The van der Waals surface area contributed by atoms with Crippen LogP contribution in [-0.4, -0.2) is 10.2 Å². The van der Waals surface area contributed by atoms with Crippen molar-refractivity contribution in [1.82, 2.24) is 0 Å². The van der Waals surface area contributed by atoms with Gasteiger partial charge in [-0.2, -0.15) is 0 Å². The first-order valence-electron chi connectivity index (χ1n) is 9.32. The fraction of sp³-hybridized carbons (Fsp3) is 0.333. The van der Waals surface area contributed by atoms with Crippen LogP contribution in [0.4, 0.5) is 17.1 Å². The first-order chi connectivity index (χ1) is 13.5. The zero-order valence-electron chi connectivity index (χ0n) is 16.9. The number of nitrogens with one attached hydrogen (secondary N) is 2. The standard InChI is InChI=1S/C17H16N2O5.2C2H6/c1-9-5-6-11(24-9)7-18-13-14(17(23)16(13)22)19-12-4-2-3-10(8-20)15(12)21;2*1-2/h2-6,18-21H,7-8H2,1H3;2*1-2H3. The van der Waals surface area contributed by atoms with E-state index in [9.17, 15) is 14.7 Å². The summed E-state index contributed by atoms with van der Waals surface area (Å²) in [6.45, 7) is 9.73. The van der Waals surface area contributed by atoms with E-state index in [4.69, 9.17) is 9.52 Å². The topological polar surface area (TPSA) is 112 Å². The summed E-state index contributed by atoms with van der Waals surface area (Å²) in [5.41, 5.74) is -0.512. The predicted molar refractivity (Wildman–Crippen MR) is 112 cm³/mol. The van der Waals surface area contributed by atoms with Crippen molar-refractivity contribution in [2.45, 2.75) is 47.8 Å². The quantitative estimate of drug-likeness (QED) is 0.375. The summed E-state index contributed by atoms with van der Waals surface area (Å²) in [4.78, 5) is 23.5. The summed E-state index contributed by atoms with van der Waals surface area (Å²) in [6.07, 6.45) is 0. The van der Waals surface area contributed by atoms with Gasteiger partial charge in [-0.1, -0.05) is 39.8 Å². The maximum Gasteiger partial charge on any atom is 0.253 e. The monoisotopic (exact) mass is 388 g/mol. The summed E-state index contributed by atoms with van der Waals surface area (Å²) < 4.78 is 5.40. The molecule has 0 aliphatic carbocycles. The minimum Gasteiger partial charge on any atom is -0.505 e. The number of rotatable bonds is 6. The highest BCUT2D eigenvalue weighted by Crippen LogP contribution is 2.31. The Kier molecular flexibility index (Phi) is 8.98. The fourth-order valence-corrected chi connectivity index (χ4v) is 2.39. The van der Waals surface area contributed by atoms with Crippen molar-refractivity contribution in [2.24, 2.45) is 0 Å². The smallest absolute Gasteiger partial charge is 0.253 e. The van der Waals surface area contributed by atoms with E-state index in [1.165, 1.54) is 0 Å². The number of benzene rings is 1. The molecule has 0 aliphatic rings. The van der Waals surface area contributed by atoms with E-state index in [1.54, 1.807) is 30.3 Å². The Bertz CT molecular complexity index is 952. The van der Waals surface area contributed by atoms with E-state index in [0.29, 0.717) is 11.3 Å². The molecule has 0 amide bonds. The summed E-state index contributed by atoms with van der Waals surface area (Å²) in [5, 5.41) is 24.8. The van der Waals surface area contributed by atoms with Crippen LogP contribution in [-0.2, 0) is 13.2 Å². The molecular weight excluding hydrogens is 360 g/mol. The number of phenols is 1. The zero-order chi connectivity index (χ0) is 21.3. The number of aliphatic hydroxyl groups excluding tert-OH is 1. The number of aryl methyl sites for hydroxylation is 1. The normalized spacial score (nSPS) is 9.79. The van der Waals surface area contributed by atoms with E-state index in [1.807, 2.05) is 34.6 Å². The lowest BCUT2D eigenvalue weighted by Gasteiger charge is -2.16. The highest BCUT2D eigenvalue weighted by Gasteiger charge is 2.22. The van der Waals surface area contributed by atoms with Gasteiger partial charge in [0, 0.05) is 5.56 Å². The van der Waals surface area contributed by atoms with Crippen LogP contribution in [0.15, 0.2) is 44.3 Å². The van der Waals surface area contributed by atoms with Crippen LogP contribution in [0.2, 0.25) is 0 Å². The Morgan fingerprint density at radius 2 is 1.61 bits per heavy atom. The van der Waals surface area contributed by atoms with Gasteiger partial charge in [0.05, 0.1) is 18.8 Å². The summed E-state index contributed by atoms with van der Waals surface area (Å²) in [5.74, 6) is 1.22. The molecule has 0 saturated heterocycles. The van der Waals surface area contributed by atoms with Gasteiger partial charge in [0.25, 0.3) is 10.9 Å². The fourth-order valence-electron chi connectivity index (χ4n) is 2.39. The largest absolute Gasteiger partial charge is 0.505 e. The molecule has 0 spiro atoms. The second kappa shape index (κ2) is 10.9. The first-order valence-corrected chi connectivity index (χ1v) is 9.32. The Balaban J connectivity index is 0.000000921. The van der Waals surface area contributed by atoms with Gasteiger partial charge in [-0.05, 0) is 25.1 Å². The Labute approximate surface area is 164 Å². The van der Waals surface area contributed by atoms with E-state index in [2.05, 4.69) is 10.6 Å². The molecule has 3 aromatic rings. The molecule has 28 heavy (non-hydrogen) atoms. The average Bonchev–Trinajstić information content (AvgIpc) is 3.16. The molecule has 7 heteroatoms. The second-order valence-electron chi connectivity index (χ2n) is 5.37. The molecule has 2 aromatic carbocycles. The average molecular weight is 388 g/mol. The third-order valence-electron chi connectivity index (χ3n) is 3.70. The lowest BCUT2D eigenvalue weighted by atomic mass is 10.1. The van der Waals surface area contributed by atoms with Crippen molar-refractivity contribution in [3.8, 4) is 5.75 Å². The summed E-state index contributed by atoms with van der Waals surface area (Å²) >= 11 is 0. The Hall–Kier alpha value is -3.06. The molecule has 7 nitrogen and oxygen atoms in total. The van der Waals surface area contributed by atoms with Crippen molar-refractivity contribution in [3.63, 3.8) is 0 Å². The third kappa shape index (κ3) is 5.01. The number of para-hydroxylation sites is 1. The van der Waals surface area contributed by atoms with E-state index in [-0.39, 0.29) is 36.0 Å². The molecular formula is C21H28N2O5. The van der Waals surface area contributed by atoms with Crippen LogP contribution < -0.4 is 21.5 Å². The number of aromatic hydroxyl groups is 1. The maximum atomic E-state index is 11.8. The van der Waals surface area contributed by atoms with Crippen LogP contribution in [0.5, 0.6) is 5.75 Å². The SMILES string of the molecule is CC.CC.Cc1ccc(CNc2c(Nc3cccc(CO)c3O)c(=O)c2=O)o1. The van der Waals surface area contributed by atoms with Gasteiger partial charge in [0.15, 0.2) is 0 Å². The van der Waals surface area contributed by atoms with Crippen LogP contribution >= 0.6 is 0 Å². The van der Waals surface area contributed by atoms with Gasteiger partial charge in [-0.3, -0.25) is 9.59 Å².